The molecule has 0 fully saturated rings. The Labute approximate surface area is 200 Å². The van der Waals surface area contributed by atoms with Crippen LogP contribution in [0.5, 0.6) is 0 Å². The molecule has 0 N–H and O–H groups in total. The predicted molar refractivity (Wildman–Crippen MR) is 102 cm³/mol. The summed E-state index contributed by atoms with van der Waals surface area (Å²) < 4.78 is 8.98. The Morgan fingerprint density at radius 1 is 0.710 bits per heavy atom. The van der Waals surface area contributed by atoms with Crippen LogP contribution in [0.1, 0.15) is 54.4 Å². The maximum absolute atomic E-state index is 10.4. The molecule has 0 aromatic rings. The van der Waals surface area contributed by atoms with Crippen LogP contribution in [-0.2, 0) is 50.4 Å². The van der Waals surface area contributed by atoms with E-state index in [2.05, 4.69) is 9.47 Å². The summed E-state index contributed by atoms with van der Waals surface area (Å²) in [5.41, 5.74) is 0. The number of carboxylic acids is 2. The van der Waals surface area contributed by atoms with Gasteiger partial charge in [0, 0.05) is 27.4 Å². The van der Waals surface area contributed by atoms with E-state index >= 15 is 0 Å². The first-order valence-corrected chi connectivity index (χ1v) is 9.45. The van der Waals surface area contributed by atoms with Crippen molar-refractivity contribution in [2.45, 2.75) is 66.6 Å². The van der Waals surface area contributed by atoms with Crippen molar-refractivity contribution >= 4 is 23.5 Å². The molecule has 0 saturated carbocycles. The Morgan fingerprint density at radius 2 is 0.935 bits per heavy atom. The van der Waals surface area contributed by atoms with E-state index < -0.39 is 36.0 Å². The summed E-state index contributed by atoms with van der Waals surface area (Å²) in [5, 5.41) is 40.1. The fourth-order valence-corrected chi connectivity index (χ4v) is 1.71. The fraction of sp³-hybridized carbons (Fsp3) is 0.800. The molecule has 0 aromatic heterocycles. The molecular weight excluding hydrogens is 448 g/mol. The van der Waals surface area contributed by atoms with E-state index in [1.165, 1.54) is 28.1 Å². The van der Waals surface area contributed by atoms with Gasteiger partial charge in [-0.3, -0.25) is 9.59 Å². The molecule has 180 valence electrons. The molecule has 0 aliphatic heterocycles. The minimum absolute atomic E-state index is 0. The molecule has 4 unspecified atom stereocenters. The van der Waals surface area contributed by atoms with E-state index in [1.54, 1.807) is 27.7 Å². The first-order chi connectivity index (χ1) is 13.7. The van der Waals surface area contributed by atoms with E-state index in [4.69, 9.17) is 0 Å². The third-order valence-corrected chi connectivity index (χ3v) is 3.17. The van der Waals surface area contributed by atoms with Gasteiger partial charge >= 0.3 is 21.7 Å². The van der Waals surface area contributed by atoms with E-state index in [-0.39, 0.29) is 33.3 Å². The third-order valence-electron chi connectivity index (χ3n) is 3.17. The quantitative estimate of drug-likeness (QED) is 0.237. The van der Waals surface area contributed by atoms with Gasteiger partial charge in [-0.1, -0.05) is 27.7 Å². The monoisotopic (exact) mass is 484 g/mol. The molecule has 0 heterocycles. The molecule has 0 saturated heterocycles. The zero-order chi connectivity index (χ0) is 24.9. The average Bonchev–Trinajstić information content (AvgIpc) is 2.56. The van der Waals surface area contributed by atoms with Crippen LogP contribution in [0.4, 0.5) is 0 Å². The zero-order valence-electron chi connectivity index (χ0n) is 19.7. The van der Waals surface area contributed by atoms with Gasteiger partial charge in [0.05, 0.1) is 23.8 Å². The van der Waals surface area contributed by atoms with Gasteiger partial charge in [-0.25, -0.2) is 0 Å². The molecule has 0 aliphatic rings. The summed E-state index contributed by atoms with van der Waals surface area (Å²) >= 11 is 0. The minimum Gasteiger partial charge on any atom is -0.851 e. The predicted octanol–water partition coefficient (Wildman–Crippen LogP) is -2.54. The van der Waals surface area contributed by atoms with E-state index in [1.807, 2.05) is 0 Å². The van der Waals surface area contributed by atoms with E-state index in [0.717, 1.165) is 0 Å². The van der Waals surface area contributed by atoms with E-state index in [9.17, 15) is 39.6 Å². The number of ketones is 2. The molecule has 11 heteroatoms. The number of aliphatic carboxylic acids is 2. The smallest absolute Gasteiger partial charge is 0.851 e. The molecule has 10 nitrogen and oxygen atoms in total. The van der Waals surface area contributed by atoms with Crippen molar-refractivity contribution in [2.75, 3.05) is 27.4 Å². The minimum atomic E-state index is -1.27. The van der Waals surface area contributed by atoms with Crippen LogP contribution in [0.25, 0.3) is 0 Å². The molecule has 0 spiro atoms. The molecule has 31 heavy (non-hydrogen) atoms. The van der Waals surface area contributed by atoms with Gasteiger partial charge in [0.2, 0.25) is 0 Å². The van der Waals surface area contributed by atoms with E-state index in [0.29, 0.717) is 26.1 Å². The summed E-state index contributed by atoms with van der Waals surface area (Å²) in [6.45, 7) is 9.57. The number of rotatable bonds is 10. The maximum atomic E-state index is 10.4. The van der Waals surface area contributed by atoms with Crippen LogP contribution in [0, 0.1) is 11.8 Å². The van der Waals surface area contributed by atoms with Gasteiger partial charge in [-0.2, -0.15) is 0 Å². The fourth-order valence-electron chi connectivity index (χ4n) is 1.71. The van der Waals surface area contributed by atoms with Crippen molar-refractivity contribution < 1.29 is 70.8 Å². The number of methoxy groups -OCH3 is 2. The molecule has 0 aliphatic carbocycles. The molecule has 4 atom stereocenters. The molecule has 0 rings (SSSR count). The Kier molecular flexibility index (Phi) is 34.9. The summed E-state index contributed by atoms with van der Waals surface area (Å²) in [6.07, 6.45) is -0.514. The van der Waals surface area contributed by atoms with Crippen LogP contribution < -0.4 is 20.4 Å². The summed E-state index contributed by atoms with van der Waals surface area (Å²) in [5.74, 6) is -5.04. The van der Waals surface area contributed by atoms with Crippen molar-refractivity contribution in [3.8, 4) is 0 Å². The Bertz CT molecular complexity index is 397. The van der Waals surface area contributed by atoms with Gasteiger partial charge in [0.25, 0.3) is 0 Å². The van der Waals surface area contributed by atoms with Crippen molar-refractivity contribution in [3.63, 3.8) is 0 Å². The van der Waals surface area contributed by atoms with Crippen LogP contribution >= 0.6 is 0 Å². The van der Waals surface area contributed by atoms with Gasteiger partial charge in [0.15, 0.2) is 0 Å². The van der Waals surface area contributed by atoms with Crippen LogP contribution in [0.15, 0.2) is 0 Å². The number of carbonyl (C=O) groups is 4. The second kappa shape index (κ2) is 26.9. The zero-order valence-corrected chi connectivity index (χ0v) is 21.3. The third kappa shape index (κ3) is 33.7. The average molecular weight is 484 g/mol. The van der Waals surface area contributed by atoms with Crippen LogP contribution in [0.3, 0.4) is 0 Å². The number of hydrogen-bond donors (Lipinski definition) is 0. The van der Waals surface area contributed by atoms with Crippen LogP contribution in [0.2, 0.25) is 0 Å². The summed E-state index contributed by atoms with van der Waals surface area (Å²) in [7, 11) is 3.04. The van der Waals surface area contributed by atoms with Gasteiger partial charge in [-0.05, 0) is 26.7 Å². The second-order valence-corrected chi connectivity index (χ2v) is 6.31. The van der Waals surface area contributed by atoms with Crippen LogP contribution in [-0.4, -0.2) is 63.1 Å². The number of ether oxygens (including phenoxy) is 2. The number of carbonyl (C=O) groups excluding carboxylic acids is 4. The molecular formula is C20H36O10Ti. The molecule has 0 bridgehead atoms. The number of carboxylic acid groups (broad SMARTS) is 2. The standard InChI is InChI=1S/2C6H10O3.2C4H9O2.Ti/c2*1-3-5(4(2)7)6(8)9;2*1-4(5)3-6-2;/h2*5H,3H2,1-2H3,(H,8,9);2*4H,3H2,1-2H3;/q;;2*-1;+4/p-2. The molecule has 0 radical (unpaired) electrons. The Morgan fingerprint density at radius 3 is 0.935 bits per heavy atom. The normalized spacial score (nSPS) is 13.0. The largest absolute Gasteiger partial charge is 4.00 e. The van der Waals surface area contributed by atoms with Gasteiger partial charge in [0.1, 0.15) is 11.6 Å². The Balaban J connectivity index is -0.0000000977. The number of hydrogen-bond acceptors (Lipinski definition) is 10. The summed E-state index contributed by atoms with van der Waals surface area (Å²) in [4.78, 5) is 40.9. The van der Waals surface area contributed by atoms with Crippen molar-refractivity contribution in [2.24, 2.45) is 11.8 Å². The number of Topliss-reactive ketones (excluding diaryl/α,β-unsaturated/α-hetero) is 2. The summed E-state index contributed by atoms with van der Waals surface area (Å²) in [6, 6.07) is 0. The van der Waals surface area contributed by atoms with Crippen molar-refractivity contribution in [1.29, 1.82) is 0 Å². The Hall–Kier alpha value is -1.17. The topological polar surface area (TPSA) is 179 Å². The SMILES string of the molecule is CCC(C(C)=O)C(=O)[O-].CCC(C(C)=O)C(=O)[O-].COCC(C)[O-].COCC(C)[O-].[Ti+4]. The first kappa shape index (κ1) is 40.2. The first-order valence-electron chi connectivity index (χ1n) is 9.45. The van der Waals surface area contributed by atoms with Gasteiger partial charge in [-0.15, -0.1) is 12.2 Å². The van der Waals surface area contributed by atoms with Crippen molar-refractivity contribution in [3.05, 3.63) is 0 Å². The van der Waals surface area contributed by atoms with Crippen molar-refractivity contribution in [1.82, 2.24) is 0 Å². The van der Waals surface area contributed by atoms with Gasteiger partial charge < -0.3 is 39.5 Å². The maximum Gasteiger partial charge on any atom is 4.00 e. The molecule has 0 amide bonds. The second-order valence-electron chi connectivity index (χ2n) is 6.31. The molecule has 0 aromatic carbocycles.